The molecule has 0 atom stereocenters. The third-order valence-corrected chi connectivity index (χ3v) is 2.63. The molecule has 1 saturated heterocycles. The van der Waals surface area contributed by atoms with Crippen LogP contribution >= 0.6 is 0 Å². The number of halogens is 1. The van der Waals surface area contributed by atoms with Crippen molar-refractivity contribution in [3.8, 4) is 0 Å². The lowest BCUT2D eigenvalue weighted by molar-refractivity contribution is -0.225. The second-order valence-electron chi connectivity index (χ2n) is 4.70. The number of hydrazone groups is 1. The molecule has 102 valence electrons. The number of hydrogen-bond donors (Lipinski definition) is 1. The van der Waals surface area contributed by atoms with Crippen molar-refractivity contribution in [2.75, 3.05) is 18.6 Å². The lowest BCUT2D eigenvalue weighted by atomic mass is 10.2. The highest BCUT2D eigenvalue weighted by Crippen LogP contribution is 2.19. The maximum atomic E-state index is 12.7. The van der Waals surface area contributed by atoms with E-state index < -0.39 is 5.79 Å². The van der Waals surface area contributed by atoms with Crippen molar-refractivity contribution in [2.24, 2.45) is 5.10 Å². The summed E-state index contributed by atoms with van der Waals surface area (Å²) in [5.41, 5.74) is 4.55. The predicted molar refractivity (Wildman–Crippen MR) is 72.6 cm³/mol. The Hall–Kier alpha value is -1.72. The molecule has 5 heteroatoms. The van der Waals surface area contributed by atoms with Crippen LogP contribution in [0.3, 0.4) is 0 Å². The van der Waals surface area contributed by atoms with Crippen LogP contribution in [0.25, 0.3) is 0 Å². The van der Waals surface area contributed by atoms with Crippen LogP contribution in [0.2, 0.25) is 0 Å². The maximum Gasteiger partial charge on any atom is 0.163 e. The van der Waals surface area contributed by atoms with E-state index in [1.165, 1.54) is 12.1 Å². The van der Waals surface area contributed by atoms with Gasteiger partial charge in [0, 0.05) is 6.21 Å². The SMILES string of the molecule is CC1(C)OCC(=C/C=N/Nc2ccc(F)cc2)CO1. The minimum absolute atomic E-state index is 0.268. The molecule has 1 fully saturated rings. The summed E-state index contributed by atoms with van der Waals surface area (Å²) in [6, 6.07) is 5.99. The Morgan fingerprint density at radius 3 is 2.47 bits per heavy atom. The minimum atomic E-state index is -0.513. The van der Waals surface area contributed by atoms with E-state index in [1.54, 1.807) is 18.3 Å². The van der Waals surface area contributed by atoms with Gasteiger partial charge in [0.15, 0.2) is 5.79 Å². The molecular formula is C14H17FN2O2. The lowest BCUT2D eigenvalue weighted by Gasteiger charge is -2.31. The van der Waals surface area contributed by atoms with Crippen molar-refractivity contribution in [1.82, 2.24) is 0 Å². The summed E-state index contributed by atoms with van der Waals surface area (Å²) in [6.45, 7) is 4.84. The highest BCUT2D eigenvalue weighted by atomic mass is 19.1. The molecule has 0 spiro atoms. The van der Waals surface area contributed by atoms with Crippen LogP contribution in [0.4, 0.5) is 10.1 Å². The number of anilines is 1. The van der Waals surface area contributed by atoms with Crippen molar-refractivity contribution in [2.45, 2.75) is 19.6 Å². The first kappa shape index (κ1) is 13.7. The van der Waals surface area contributed by atoms with Gasteiger partial charge in [-0.3, -0.25) is 5.43 Å². The number of benzene rings is 1. The summed E-state index contributed by atoms with van der Waals surface area (Å²) in [5.74, 6) is -0.781. The van der Waals surface area contributed by atoms with Crippen molar-refractivity contribution < 1.29 is 13.9 Å². The van der Waals surface area contributed by atoms with Gasteiger partial charge in [-0.1, -0.05) is 0 Å². The molecule has 1 heterocycles. The predicted octanol–water partition coefficient (Wildman–Crippen LogP) is 2.93. The van der Waals surface area contributed by atoms with Crippen molar-refractivity contribution in [3.63, 3.8) is 0 Å². The van der Waals surface area contributed by atoms with Crippen molar-refractivity contribution in [1.29, 1.82) is 0 Å². The molecule has 0 aromatic heterocycles. The summed E-state index contributed by atoms with van der Waals surface area (Å²) in [4.78, 5) is 0. The molecule has 1 aromatic rings. The van der Waals surface area contributed by atoms with Crippen LogP contribution < -0.4 is 5.43 Å². The van der Waals surface area contributed by atoms with E-state index in [4.69, 9.17) is 9.47 Å². The van der Waals surface area contributed by atoms with Crippen LogP contribution in [0.5, 0.6) is 0 Å². The average Bonchev–Trinajstić information content (AvgIpc) is 2.38. The monoisotopic (exact) mass is 264 g/mol. The van der Waals surface area contributed by atoms with E-state index in [0.717, 1.165) is 11.3 Å². The Balaban J connectivity index is 1.82. The fourth-order valence-electron chi connectivity index (χ4n) is 1.49. The van der Waals surface area contributed by atoms with E-state index in [0.29, 0.717) is 13.2 Å². The van der Waals surface area contributed by atoms with Gasteiger partial charge in [-0.05, 0) is 49.8 Å². The fraction of sp³-hybridized carbons (Fsp3) is 0.357. The molecule has 19 heavy (non-hydrogen) atoms. The molecule has 0 unspecified atom stereocenters. The third kappa shape index (κ3) is 4.46. The highest BCUT2D eigenvalue weighted by Gasteiger charge is 2.24. The molecule has 1 aliphatic rings. The summed E-state index contributed by atoms with van der Waals surface area (Å²) in [5, 5.41) is 4.02. The molecule has 1 aromatic carbocycles. The third-order valence-electron chi connectivity index (χ3n) is 2.63. The molecular weight excluding hydrogens is 247 g/mol. The average molecular weight is 264 g/mol. The van der Waals surface area contributed by atoms with Gasteiger partial charge in [0.25, 0.3) is 0 Å². The first-order valence-electron chi connectivity index (χ1n) is 6.06. The summed E-state index contributed by atoms with van der Waals surface area (Å²) < 4.78 is 23.7. The fourth-order valence-corrected chi connectivity index (χ4v) is 1.49. The number of hydrogen-bond acceptors (Lipinski definition) is 4. The van der Waals surface area contributed by atoms with E-state index in [2.05, 4.69) is 10.5 Å². The summed E-state index contributed by atoms with van der Waals surface area (Å²) in [6.07, 6.45) is 3.47. The van der Waals surface area contributed by atoms with Crippen LogP contribution in [-0.2, 0) is 9.47 Å². The quantitative estimate of drug-likeness (QED) is 0.674. The Morgan fingerprint density at radius 2 is 1.84 bits per heavy atom. The molecule has 0 radical (unpaired) electrons. The molecule has 0 aliphatic carbocycles. The topological polar surface area (TPSA) is 42.8 Å². The van der Waals surface area contributed by atoms with Gasteiger partial charge < -0.3 is 9.47 Å². The highest BCUT2D eigenvalue weighted by molar-refractivity contribution is 5.73. The normalized spacial score (nSPS) is 18.6. The van der Waals surface area contributed by atoms with E-state index in [9.17, 15) is 4.39 Å². The molecule has 0 bridgehead atoms. The summed E-state index contributed by atoms with van der Waals surface area (Å²) >= 11 is 0. The zero-order chi connectivity index (χ0) is 13.7. The van der Waals surface area contributed by atoms with Gasteiger partial charge in [0.1, 0.15) is 5.82 Å². The number of rotatable bonds is 3. The largest absolute Gasteiger partial charge is 0.346 e. The van der Waals surface area contributed by atoms with Gasteiger partial charge in [-0.25, -0.2) is 4.39 Å². The van der Waals surface area contributed by atoms with Gasteiger partial charge in [0.05, 0.1) is 18.9 Å². The van der Waals surface area contributed by atoms with Gasteiger partial charge in [-0.2, -0.15) is 5.10 Å². The van der Waals surface area contributed by atoms with Gasteiger partial charge >= 0.3 is 0 Å². The van der Waals surface area contributed by atoms with E-state index in [1.807, 2.05) is 19.9 Å². The minimum Gasteiger partial charge on any atom is -0.346 e. The van der Waals surface area contributed by atoms with Crippen LogP contribution in [0, 0.1) is 5.82 Å². The lowest BCUT2D eigenvalue weighted by Crippen LogP contribution is -2.35. The second-order valence-corrected chi connectivity index (χ2v) is 4.70. The first-order chi connectivity index (χ1) is 9.05. The van der Waals surface area contributed by atoms with Gasteiger partial charge in [0.2, 0.25) is 0 Å². The summed E-state index contributed by atoms with van der Waals surface area (Å²) in [7, 11) is 0. The molecule has 0 saturated carbocycles. The van der Waals surface area contributed by atoms with Crippen molar-refractivity contribution >= 4 is 11.9 Å². The van der Waals surface area contributed by atoms with Crippen LogP contribution in [-0.4, -0.2) is 25.2 Å². The first-order valence-corrected chi connectivity index (χ1v) is 6.06. The Labute approximate surface area is 111 Å². The molecule has 1 N–H and O–H groups in total. The van der Waals surface area contributed by atoms with Crippen LogP contribution in [0.1, 0.15) is 13.8 Å². The molecule has 4 nitrogen and oxygen atoms in total. The van der Waals surface area contributed by atoms with Crippen molar-refractivity contribution in [3.05, 3.63) is 41.7 Å². The Bertz CT molecular complexity index is 469. The number of ether oxygens (including phenoxy) is 2. The Morgan fingerprint density at radius 1 is 1.21 bits per heavy atom. The smallest absolute Gasteiger partial charge is 0.163 e. The number of nitrogens with one attached hydrogen (secondary N) is 1. The molecule has 1 aliphatic heterocycles. The van der Waals surface area contributed by atoms with E-state index in [-0.39, 0.29) is 5.82 Å². The second kappa shape index (κ2) is 5.95. The standard InChI is InChI=1S/C14H17FN2O2/c1-14(2)18-9-11(10-19-14)7-8-16-17-13-5-3-12(15)4-6-13/h3-8,17H,9-10H2,1-2H3/b16-8+. The van der Waals surface area contributed by atoms with Gasteiger partial charge in [-0.15, -0.1) is 0 Å². The zero-order valence-corrected chi connectivity index (χ0v) is 11.0. The zero-order valence-electron chi connectivity index (χ0n) is 11.0. The number of allylic oxidation sites excluding steroid dienone is 1. The van der Waals surface area contributed by atoms with Crippen LogP contribution in [0.15, 0.2) is 41.0 Å². The molecule has 2 rings (SSSR count). The molecule has 0 amide bonds. The Kier molecular flexibility index (Phi) is 4.29. The van der Waals surface area contributed by atoms with E-state index >= 15 is 0 Å². The number of nitrogens with zero attached hydrogens (tertiary/aromatic N) is 1. The maximum absolute atomic E-state index is 12.7.